The van der Waals surface area contributed by atoms with Crippen LogP contribution in [0.5, 0.6) is 5.75 Å². The summed E-state index contributed by atoms with van der Waals surface area (Å²) >= 11 is 1.03. The molecule has 0 aromatic heterocycles. The van der Waals surface area contributed by atoms with Gasteiger partial charge in [0.2, 0.25) is 0 Å². The Labute approximate surface area is 115 Å². The van der Waals surface area contributed by atoms with Gasteiger partial charge in [0.1, 0.15) is 5.75 Å². The van der Waals surface area contributed by atoms with Gasteiger partial charge in [0.25, 0.3) is 0 Å². The molecular weight excluding hydrogens is 279 g/mol. The number of rotatable bonds is 1. The van der Waals surface area contributed by atoms with Gasteiger partial charge in [-0.15, -0.1) is 0 Å². The average molecular weight is 285 g/mol. The number of fused-ring (bicyclic) bond motifs is 1. The van der Waals surface area contributed by atoms with Crippen molar-refractivity contribution in [2.45, 2.75) is 11.3 Å². The smallest absolute Gasteiger partial charge is 0.768 e. The van der Waals surface area contributed by atoms with Gasteiger partial charge in [-0.25, -0.2) is 0 Å². The van der Waals surface area contributed by atoms with E-state index in [4.69, 9.17) is 4.74 Å². The summed E-state index contributed by atoms with van der Waals surface area (Å²) in [4.78, 5) is 0.238. The molecule has 1 atom stereocenters. The van der Waals surface area contributed by atoms with Crippen LogP contribution in [-0.2, 0) is 17.5 Å². The van der Waals surface area contributed by atoms with Gasteiger partial charge >= 0.3 is 29.6 Å². The first-order valence-corrected chi connectivity index (χ1v) is 5.60. The quantitative estimate of drug-likeness (QED) is 0.472. The standard InChI is InChI=1S/C8H7BrO3S.Na/c9-6-3-5-1-2-12-8(5)7(4-6)13(10)11;/h3-4H,1-2H2,(H,10,11);/q;+1/p-1. The van der Waals surface area contributed by atoms with E-state index in [0.717, 1.165) is 16.5 Å². The molecule has 1 aromatic carbocycles. The Morgan fingerprint density at radius 1 is 1.50 bits per heavy atom. The normalized spacial score (nSPS) is 15.3. The molecule has 1 aliphatic rings. The summed E-state index contributed by atoms with van der Waals surface area (Å²) < 4.78 is 27.6. The zero-order valence-corrected chi connectivity index (χ0v) is 12.0. The number of ether oxygens (including phenoxy) is 1. The summed E-state index contributed by atoms with van der Waals surface area (Å²) in [5.41, 5.74) is 0.952. The van der Waals surface area contributed by atoms with Crippen molar-refractivity contribution in [1.29, 1.82) is 0 Å². The molecule has 0 saturated carbocycles. The first-order valence-electron chi connectivity index (χ1n) is 3.73. The van der Waals surface area contributed by atoms with Gasteiger partial charge in [-0.05, 0) is 28.8 Å². The molecule has 0 spiro atoms. The van der Waals surface area contributed by atoms with Crippen LogP contribution in [-0.4, -0.2) is 15.4 Å². The third-order valence-electron chi connectivity index (χ3n) is 1.89. The fourth-order valence-corrected chi connectivity index (χ4v) is 2.58. The van der Waals surface area contributed by atoms with Crippen LogP contribution in [0.25, 0.3) is 0 Å². The molecule has 0 radical (unpaired) electrons. The van der Waals surface area contributed by atoms with Gasteiger partial charge in [-0.2, -0.15) is 0 Å². The summed E-state index contributed by atoms with van der Waals surface area (Å²) in [6.45, 7) is 0.565. The Hall–Kier alpha value is 0.610. The van der Waals surface area contributed by atoms with Crippen LogP contribution in [0.4, 0.5) is 0 Å². The van der Waals surface area contributed by atoms with E-state index in [1.54, 1.807) is 6.07 Å². The second kappa shape index (κ2) is 5.09. The van der Waals surface area contributed by atoms with E-state index in [-0.39, 0.29) is 34.5 Å². The van der Waals surface area contributed by atoms with Gasteiger partial charge in [0.05, 0.1) is 11.5 Å². The average Bonchev–Trinajstić information content (AvgIpc) is 2.49. The van der Waals surface area contributed by atoms with Crippen LogP contribution in [0.2, 0.25) is 0 Å². The molecule has 1 aromatic rings. The molecule has 0 aliphatic carbocycles. The van der Waals surface area contributed by atoms with Crippen LogP contribution >= 0.6 is 15.9 Å². The molecule has 14 heavy (non-hydrogen) atoms. The van der Waals surface area contributed by atoms with Crippen molar-refractivity contribution in [3.63, 3.8) is 0 Å². The summed E-state index contributed by atoms with van der Waals surface area (Å²) in [5, 5.41) is 0. The van der Waals surface area contributed by atoms with Crippen LogP contribution in [0.15, 0.2) is 21.5 Å². The third kappa shape index (κ3) is 2.40. The third-order valence-corrected chi connectivity index (χ3v) is 3.01. The fraction of sp³-hybridized carbons (Fsp3) is 0.250. The minimum absolute atomic E-state index is 0. The van der Waals surface area contributed by atoms with Gasteiger partial charge in [0, 0.05) is 10.9 Å². The predicted molar refractivity (Wildman–Crippen MR) is 50.5 cm³/mol. The maximum atomic E-state index is 10.8. The van der Waals surface area contributed by atoms with E-state index in [1.165, 1.54) is 0 Å². The fourth-order valence-electron chi connectivity index (χ4n) is 1.36. The van der Waals surface area contributed by atoms with Crippen LogP contribution < -0.4 is 34.3 Å². The SMILES string of the molecule is O=S([O-])c1cc(Br)cc2c1OCC2.[Na+]. The minimum Gasteiger partial charge on any atom is -0.768 e. The van der Waals surface area contributed by atoms with Crippen molar-refractivity contribution in [2.75, 3.05) is 6.61 Å². The summed E-state index contributed by atoms with van der Waals surface area (Å²) in [6, 6.07) is 3.44. The second-order valence-corrected chi connectivity index (χ2v) is 4.55. The van der Waals surface area contributed by atoms with Crippen molar-refractivity contribution in [2.24, 2.45) is 0 Å². The number of benzene rings is 1. The van der Waals surface area contributed by atoms with E-state index >= 15 is 0 Å². The molecule has 6 heteroatoms. The molecule has 0 fully saturated rings. The number of hydrogen-bond acceptors (Lipinski definition) is 3. The van der Waals surface area contributed by atoms with E-state index in [1.807, 2.05) is 6.07 Å². The van der Waals surface area contributed by atoms with Crippen molar-refractivity contribution in [1.82, 2.24) is 0 Å². The van der Waals surface area contributed by atoms with E-state index in [2.05, 4.69) is 15.9 Å². The molecule has 0 bridgehead atoms. The van der Waals surface area contributed by atoms with E-state index < -0.39 is 11.1 Å². The van der Waals surface area contributed by atoms with Crippen molar-refractivity contribution in [3.05, 3.63) is 22.2 Å². The zero-order valence-electron chi connectivity index (χ0n) is 7.58. The summed E-state index contributed by atoms with van der Waals surface area (Å²) in [7, 11) is 0. The molecule has 1 unspecified atom stereocenters. The summed E-state index contributed by atoms with van der Waals surface area (Å²) in [5.74, 6) is 0.511. The molecular formula is C8H6BrNaO3S. The predicted octanol–water partition coefficient (Wildman–Crippen LogP) is -1.37. The largest absolute Gasteiger partial charge is 1.00 e. The van der Waals surface area contributed by atoms with Gasteiger partial charge in [-0.3, -0.25) is 4.21 Å². The number of halogens is 1. The number of hydrogen-bond donors (Lipinski definition) is 0. The van der Waals surface area contributed by atoms with Crippen molar-refractivity contribution >= 4 is 27.0 Å². The Morgan fingerprint density at radius 3 is 2.86 bits per heavy atom. The maximum absolute atomic E-state index is 10.8. The molecule has 70 valence electrons. The Bertz CT molecular complexity index is 383. The minimum atomic E-state index is -2.23. The monoisotopic (exact) mass is 284 g/mol. The van der Waals surface area contributed by atoms with Crippen molar-refractivity contribution in [3.8, 4) is 5.75 Å². The molecule has 0 amide bonds. The Balaban J connectivity index is 0.000000980. The van der Waals surface area contributed by atoms with Gasteiger partial charge < -0.3 is 9.29 Å². The van der Waals surface area contributed by atoms with Crippen molar-refractivity contribution < 1.29 is 43.1 Å². The first kappa shape index (κ1) is 12.7. The van der Waals surface area contributed by atoms with E-state index in [9.17, 15) is 8.76 Å². The van der Waals surface area contributed by atoms with Gasteiger partial charge in [0.15, 0.2) is 0 Å². The van der Waals surface area contributed by atoms with Crippen LogP contribution in [0.1, 0.15) is 5.56 Å². The maximum Gasteiger partial charge on any atom is 1.00 e. The molecule has 0 N–H and O–H groups in total. The molecule has 3 nitrogen and oxygen atoms in total. The Kier molecular flexibility index (Phi) is 4.61. The second-order valence-electron chi connectivity index (χ2n) is 2.73. The summed E-state index contributed by atoms with van der Waals surface area (Å²) in [6.07, 6.45) is 0.777. The Morgan fingerprint density at radius 2 is 2.21 bits per heavy atom. The molecule has 0 saturated heterocycles. The van der Waals surface area contributed by atoms with Gasteiger partial charge in [-0.1, -0.05) is 15.9 Å². The van der Waals surface area contributed by atoms with Crippen LogP contribution in [0, 0.1) is 0 Å². The van der Waals surface area contributed by atoms with Crippen LogP contribution in [0.3, 0.4) is 0 Å². The molecule has 1 heterocycles. The molecule has 1 aliphatic heterocycles. The van der Waals surface area contributed by atoms with E-state index in [0.29, 0.717) is 12.4 Å². The molecule has 2 rings (SSSR count). The zero-order chi connectivity index (χ0) is 9.42. The first-order chi connectivity index (χ1) is 6.18. The topological polar surface area (TPSA) is 49.4 Å².